The lowest BCUT2D eigenvalue weighted by molar-refractivity contribution is -0.137. The Kier molecular flexibility index (Phi) is 6.49. The van der Waals surface area contributed by atoms with Crippen LogP contribution in [0.5, 0.6) is 0 Å². The summed E-state index contributed by atoms with van der Waals surface area (Å²) in [7, 11) is 0. The third-order valence-electron chi connectivity index (χ3n) is 5.90. The van der Waals surface area contributed by atoms with Gasteiger partial charge in [0.1, 0.15) is 11.4 Å². The van der Waals surface area contributed by atoms with Crippen LogP contribution in [0.2, 0.25) is 0 Å². The third-order valence-corrected chi connectivity index (χ3v) is 5.90. The smallest absolute Gasteiger partial charge is 0.416 e. The molecular formula is C27H28F3N3O2. The number of imidazole rings is 1. The molecule has 0 radical (unpaired) electrons. The van der Waals surface area contributed by atoms with Gasteiger partial charge in [0.05, 0.1) is 23.5 Å². The molecule has 0 aliphatic carbocycles. The number of ether oxygens (including phenoxy) is 1. The number of alkyl halides is 3. The van der Waals surface area contributed by atoms with E-state index in [1.54, 1.807) is 11.1 Å². The molecule has 1 saturated heterocycles. The number of aromatic nitrogens is 2. The molecule has 0 saturated carbocycles. The molecule has 2 aromatic carbocycles. The molecule has 1 fully saturated rings. The highest BCUT2D eigenvalue weighted by atomic mass is 19.4. The molecule has 35 heavy (non-hydrogen) atoms. The molecule has 1 aromatic heterocycles. The largest absolute Gasteiger partial charge is 0.444 e. The fraction of sp³-hybridized carbons (Fsp3) is 0.333. The van der Waals surface area contributed by atoms with Crippen LogP contribution in [-0.2, 0) is 10.9 Å². The minimum absolute atomic E-state index is 0.169. The highest BCUT2D eigenvalue weighted by Crippen LogP contribution is 2.34. The zero-order valence-corrected chi connectivity index (χ0v) is 19.9. The number of nitrogens with one attached hydrogen (secondary N) is 1. The molecule has 3 aromatic rings. The number of hydrogen-bond donors (Lipinski definition) is 1. The molecule has 1 N–H and O–H groups in total. The summed E-state index contributed by atoms with van der Waals surface area (Å²) < 4.78 is 44.0. The van der Waals surface area contributed by atoms with Crippen LogP contribution in [0.3, 0.4) is 0 Å². The molecule has 184 valence electrons. The van der Waals surface area contributed by atoms with Gasteiger partial charge in [-0.2, -0.15) is 13.2 Å². The Morgan fingerprint density at radius 2 is 1.66 bits per heavy atom. The molecule has 1 aliphatic rings. The van der Waals surface area contributed by atoms with Crippen molar-refractivity contribution >= 4 is 11.7 Å². The van der Waals surface area contributed by atoms with E-state index in [-0.39, 0.29) is 12.1 Å². The number of carbonyl (C=O) groups excluding carboxylic acids is 1. The van der Waals surface area contributed by atoms with E-state index in [9.17, 15) is 18.0 Å². The van der Waals surface area contributed by atoms with Gasteiger partial charge in [-0.3, -0.25) is 4.90 Å². The average molecular weight is 484 g/mol. The minimum atomic E-state index is -4.37. The summed E-state index contributed by atoms with van der Waals surface area (Å²) in [6.07, 6.45) is -1.30. The Balaban J connectivity index is 1.47. The Bertz CT molecular complexity index is 1210. The lowest BCUT2D eigenvalue weighted by Crippen LogP contribution is -2.36. The van der Waals surface area contributed by atoms with Crippen molar-refractivity contribution in [2.24, 2.45) is 0 Å². The second kappa shape index (κ2) is 9.24. The van der Waals surface area contributed by atoms with E-state index in [0.29, 0.717) is 23.5 Å². The molecule has 1 aliphatic heterocycles. The van der Waals surface area contributed by atoms with Crippen molar-refractivity contribution in [3.8, 4) is 11.3 Å². The zero-order valence-electron chi connectivity index (χ0n) is 19.9. The number of nitrogens with zero attached hydrogens (tertiary/aromatic N) is 2. The molecule has 2 heterocycles. The fourth-order valence-corrected chi connectivity index (χ4v) is 4.12. The monoisotopic (exact) mass is 483 g/mol. The topological polar surface area (TPSA) is 58.2 Å². The number of carbonyl (C=O) groups is 1. The summed E-state index contributed by atoms with van der Waals surface area (Å²) in [6, 6.07) is 12.4. The molecule has 4 rings (SSSR count). The van der Waals surface area contributed by atoms with Crippen LogP contribution in [0.4, 0.5) is 18.0 Å². The average Bonchev–Trinajstić information content (AvgIpc) is 3.47. The van der Waals surface area contributed by atoms with Gasteiger partial charge in [0.2, 0.25) is 0 Å². The maximum atomic E-state index is 12.8. The summed E-state index contributed by atoms with van der Waals surface area (Å²) in [5, 5.41) is 0. The van der Waals surface area contributed by atoms with Crippen molar-refractivity contribution in [3.63, 3.8) is 0 Å². The van der Waals surface area contributed by atoms with E-state index in [1.165, 1.54) is 12.1 Å². The Labute approximate surface area is 202 Å². The molecule has 0 spiro atoms. The van der Waals surface area contributed by atoms with Crippen LogP contribution in [0.15, 0.2) is 61.3 Å². The maximum absolute atomic E-state index is 12.8. The Hall–Kier alpha value is -3.55. The number of benzene rings is 2. The van der Waals surface area contributed by atoms with Crippen LogP contribution in [0.25, 0.3) is 16.8 Å². The van der Waals surface area contributed by atoms with Gasteiger partial charge in [-0.15, -0.1) is 0 Å². The van der Waals surface area contributed by atoms with E-state index in [0.717, 1.165) is 41.8 Å². The predicted molar refractivity (Wildman–Crippen MR) is 129 cm³/mol. The number of H-pyrrole nitrogens is 1. The van der Waals surface area contributed by atoms with Crippen molar-refractivity contribution in [2.45, 2.75) is 51.4 Å². The van der Waals surface area contributed by atoms with Gasteiger partial charge in [-0.25, -0.2) is 9.78 Å². The van der Waals surface area contributed by atoms with Crippen molar-refractivity contribution in [2.75, 3.05) is 6.54 Å². The molecule has 1 amide bonds. The van der Waals surface area contributed by atoms with Gasteiger partial charge in [-0.1, -0.05) is 43.0 Å². The van der Waals surface area contributed by atoms with Crippen LogP contribution in [0, 0.1) is 0 Å². The molecule has 5 nitrogen and oxygen atoms in total. The van der Waals surface area contributed by atoms with E-state index in [2.05, 4.69) is 16.5 Å². The summed E-state index contributed by atoms with van der Waals surface area (Å²) in [5.41, 5.74) is 2.52. The quantitative estimate of drug-likeness (QED) is 0.426. The van der Waals surface area contributed by atoms with Gasteiger partial charge in [0.25, 0.3) is 0 Å². The fourth-order valence-electron chi connectivity index (χ4n) is 4.12. The normalized spacial score (nSPS) is 16.4. The maximum Gasteiger partial charge on any atom is 0.416 e. The van der Waals surface area contributed by atoms with Crippen LogP contribution in [0.1, 0.15) is 62.2 Å². The predicted octanol–water partition coefficient (Wildman–Crippen LogP) is 7.23. The summed E-state index contributed by atoms with van der Waals surface area (Å²) >= 11 is 0. The number of aromatic amines is 1. The summed E-state index contributed by atoms with van der Waals surface area (Å²) in [4.78, 5) is 22.2. The number of amides is 1. The first-order valence-corrected chi connectivity index (χ1v) is 11.4. The molecular weight excluding hydrogens is 455 g/mol. The summed E-state index contributed by atoms with van der Waals surface area (Å²) in [6.45, 7) is 10.2. The zero-order chi connectivity index (χ0) is 25.4. The van der Waals surface area contributed by atoms with Crippen LogP contribution < -0.4 is 0 Å². The van der Waals surface area contributed by atoms with E-state index in [4.69, 9.17) is 4.74 Å². The number of hydrogen-bond acceptors (Lipinski definition) is 3. The second-order valence-electron chi connectivity index (χ2n) is 9.64. The van der Waals surface area contributed by atoms with Crippen molar-refractivity contribution in [1.82, 2.24) is 14.9 Å². The molecule has 8 heteroatoms. The molecule has 0 unspecified atom stereocenters. The van der Waals surface area contributed by atoms with Crippen LogP contribution >= 0.6 is 0 Å². The summed E-state index contributed by atoms with van der Waals surface area (Å²) in [5.74, 6) is 0.710. The standard InChI is InChI=1S/C27H28F3N3O2/c1-17(19-11-13-21(14-12-19)27(28,29)30)18-7-9-20(10-8-18)22-16-31-24(32-22)23-6-5-15-33(23)25(34)35-26(2,3)4/h7-14,16,23H,1,5-6,15H2,2-4H3,(H,31,32)/t23-/m0/s1. The van der Waals surface area contributed by atoms with Crippen molar-refractivity contribution in [1.29, 1.82) is 0 Å². The van der Waals surface area contributed by atoms with Gasteiger partial charge in [0, 0.05) is 6.54 Å². The second-order valence-corrected chi connectivity index (χ2v) is 9.64. The molecule has 0 bridgehead atoms. The lowest BCUT2D eigenvalue weighted by atomic mass is 9.97. The van der Waals surface area contributed by atoms with Gasteiger partial charge in [-0.05, 0) is 68.0 Å². The van der Waals surface area contributed by atoms with E-state index in [1.807, 2.05) is 45.0 Å². The number of halogens is 3. The van der Waals surface area contributed by atoms with E-state index < -0.39 is 17.3 Å². The first-order chi connectivity index (χ1) is 16.4. The lowest BCUT2D eigenvalue weighted by Gasteiger charge is -2.27. The van der Waals surface area contributed by atoms with Gasteiger partial charge < -0.3 is 9.72 Å². The van der Waals surface area contributed by atoms with Crippen molar-refractivity contribution < 1.29 is 22.7 Å². The van der Waals surface area contributed by atoms with Crippen LogP contribution in [-0.4, -0.2) is 33.1 Å². The van der Waals surface area contributed by atoms with Crippen molar-refractivity contribution in [3.05, 3.63) is 83.8 Å². The third kappa shape index (κ3) is 5.58. The first-order valence-electron chi connectivity index (χ1n) is 11.4. The highest BCUT2D eigenvalue weighted by Gasteiger charge is 2.35. The number of rotatable bonds is 4. The highest BCUT2D eigenvalue weighted by molar-refractivity contribution is 5.79. The number of likely N-dealkylation sites (tertiary alicyclic amines) is 1. The first kappa shape index (κ1) is 24.6. The SMILES string of the molecule is C=C(c1ccc(-c2cnc([C@@H]3CCCN3C(=O)OC(C)(C)C)[nH]2)cc1)c1ccc(C(F)(F)F)cc1. The minimum Gasteiger partial charge on any atom is -0.444 e. The van der Waals surface area contributed by atoms with E-state index >= 15 is 0 Å². The van der Waals surface area contributed by atoms with Gasteiger partial charge >= 0.3 is 12.3 Å². The molecule has 1 atom stereocenters. The Morgan fingerprint density at radius 1 is 1.06 bits per heavy atom. The van der Waals surface area contributed by atoms with Gasteiger partial charge in [0.15, 0.2) is 0 Å². The Morgan fingerprint density at radius 3 is 2.23 bits per heavy atom.